The van der Waals surface area contributed by atoms with E-state index in [1.807, 2.05) is 0 Å². The van der Waals surface area contributed by atoms with Crippen LogP contribution in [0.1, 0.15) is 12.7 Å². The second-order valence-electron chi connectivity index (χ2n) is 8.04. The van der Waals surface area contributed by atoms with Gasteiger partial charge in [-0.15, -0.1) is 0 Å². The number of halogens is 1. The minimum Gasteiger partial charge on any atom is -0.406 e. The number of imidazole rings is 1. The smallest absolute Gasteiger partial charge is 0.406 e. The molecular formula is C22H19FN8O3. The molecule has 4 aromatic rings. The zero-order chi connectivity index (χ0) is 24.0. The largest absolute Gasteiger partial charge is 0.413 e. The number of nitrogens with zero attached hydrogens (tertiary/aromatic N) is 6. The van der Waals surface area contributed by atoms with Crippen LogP contribution in [0.25, 0.3) is 28.1 Å². The molecule has 2 N–H and O–H groups in total. The highest BCUT2D eigenvalue weighted by molar-refractivity contribution is 5.88. The number of likely N-dealkylation sites (tertiary alicyclic amines) is 1. The predicted octanol–water partition coefficient (Wildman–Crippen LogP) is 2.18. The van der Waals surface area contributed by atoms with E-state index in [2.05, 4.69) is 31.3 Å². The normalized spacial score (nSPS) is 14.6. The molecule has 12 heteroatoms. The predicted molar refractivity (Wildman–Crippen MR) is 117 cm³/mol. The molecule has 0 radical (unpaired) electrons. The standard InChI is InChI=1S/C22H19FN8O3/c1-11(21(32)30-8-13(5-24)9-30)27-22(33)34-17-7-26-20-19(17)29-15(6-25-20)18-16-4-3-14(23)10-31(16)12(2)28-18/h3-4,6-7,10-11,13H,8-9H2,1-2H3,(H,25,26)(H,27,33)/t11-/m1/s1. The van der Waals surface area contributed by atoms with Gasteiger partial charge in [-0.3, -0.25) is 4.79 Å². The van der Waals surface area contributed by atoms with Gasteiger partial charge >= 0.3 is 6.09 Å². The number of ether oxygens (including phenoxy) is 1. The average Bonchev–Trinajstić information content (AvgIpc) is 3.33. The van der Waals surface area contributed by atoms with Crippen molar-refractivity contribution in [2.24, 2.45) is 5.92 Å². The Morgan fingerprint density at radius 1 is 1.35 bits per heavy atom. The van der Waals surface area contributed by atoms with Crippen molar-refractivity contribution >= 4 is 28.7 Å². The third-order valence-corrected chi connectivity index (χ3v) is 5.65. The van der Waals surface area contributed by atoms with E-state index in [0.717, 1.165) is 0 Å². The first-order valence-electron chi connectivity index (χ1n) is 10.5. The molecule has 1 aliphatic heterocycles. The molecule has 0 spiro atoms. The van der Waals surface area contributed by atoms with Crippen molar-refractivity contribution in [3.05, 3.63) is 42.4 Å². The summed E-state index contributed by atoms with van der Waals surface area (Å²) in [6.45, 7) is 4.00. The molecule has 4 aromatic heterocycles. The molecule has 5 heterocycles. The number of hydrogen-bond donors (Lipinski definition) is 2. The van der Waals surface area contributed by atoms with Crippen molar-refractivity contribution in [2.45, 2.75) is 19.9 Å². The lowest BCUT2D eigenvalue weighted by Crippen LogP contribution is -2.56. The van der Waals surface area contributed by atoms with Gasteiger partial charge in [-0.05, 0) is 26.0 Å². The molecule has 1 fully saturated rings. The van der Waals surface area contributed by atoms with Gasteiger partial charge in [-0.1, -0.05) is 0 Å². The van der Waals surface area contributed by atoms with E-state index in [1.54, 1.807) is 24.3 Å². The number of nitriles is 1. The van der Waals surface area contributed by atoms with Crippen LogP contribution in [0, 0.1) is 30.0 Å². The quantitative estimate of drug-likeness (QED) is 0.473. The third kappa shape index (κ3) is 3.66. The first-order valence-corrected chi connectivity index (χ1v) is 10.5. The van der Waals surface area contributed by atoms with E-state index in [-0.39, 0.29) is 23.4 Å². The molecule has 0 saturated carbocycles. The Bertz CT molecular complexity index is 1480. The zero-order valence-corrected chi connectivity index (χ0v) is 18.2. The Kier molecular flexibility index (Phi) is 5.09. The summed E-state index contributed by atoms with van der Waals surface area (Å²) in [5.74, 6) is -0.139. The molecule has 0 unspecified atom stereocenters. The number of nitrogens with one attached hydrogen (secondary N) is 2. The van der Waals surface area contributed by atoms with Gasteiger partial charge in [0.1, 0.15) is 29.1 Å². The molecule has 11 nitrogen and oxygen atoms in total. The minimum atomic E-state index is -0.829. The van der Waals surface area contributed by atoms with Crippen molar-refractivity contribution in [3.63, 3.8) is 0 Å². The van der Waals surface area contributed by atoms with E-state index < -0.39 is 12.1 Å². The molecule has 34 heavy (non-hydrogen) atoms. The Morgan fingerprint density at radius 2 is 2.15 bits per heavy atom. The van der Waals surface area contributed by atoms with Gasteiger partial charge in [0.25, 0.3) is 0 Å². The Labute approximate surface area is 192 Å². The molecule has 0 aromatic carbocycles. The number of aryl methyl sites for hydroxylation is 1. The third-order valence-electron chi connectivity index (χ3n) is 5.65. The first-order chi connectivity index (χ1) is 16.3. The molecule has 1 aliphatic rings. The SMILES string of the molecule is Cc1nc(-c2cnc3[nH]cc(OC(=O)N[C@H](C)C(=O)N4CC(C#N)C4)c3n2)c2ccc(F)cn12. The van der Waals surface area contributed by atoms with Crippen LogP contribution in [0.3, 0.4) is 0 Å². The van der Waals surface area contributed by atoms with Crippen molar-refractivity contribution < 1.29 is 18.7 Å². The Morgan fingerprint density at radius 3 is 2.91 bits per heavy atom. The summed E-state index contributed by atoms with van der Waals surface area (Å²) in [6, 6.07) is 4.22. The lowest BCUT2D eigenvalue weighted by atomic mass is 10.0. The van der Waals surface area contributed by atoms with Crippen molar-refractivity contribution in [1.29, 1.82) is 5.26 Å². The van der Waals surface area contributed by atoms with Gasteiger partial charge in [0, 0.05) is 25.5 Å². The van der Waals surface area contributed by atoms with Crippen LogP contribution in [0.2, 0.25) is 0 Å². The number of aromatic nitrogens is 5. The molecular weight excluding hydrogens is 443 g/mol. The zero-order valence-electron chi connectivity index (χ0n) is 18.2. The van der Waals surface area contributed by atoms with Crippen LogP contribution in [0.15, 0.2) is 30.7 Å². The Balaban J connectivity index is 1.35. The average molecular weight is 462 g/mol. The van der Waals surface area contributed by atoms with Gasteiger partial charge in [0.15, 0.2) is 16.9 Å². The molecule has 1 saturated heterocycles. The number of fused-ring (bicyclic) bond motifs is 2. The maximum atomic E-state index is 13.6. The molecule has 2 amide bonds. The van der Waals surface area contributed by atoms with Gasteiger partial charge in [0.05, 0.1) is 23.7 Å². The maximum Gasteiger partial charge on any atom is 0.413 e. The number of pyridine rings is 1. The van der Waals surface area contributed by atoms with Crippen LogP contribution in [-0.2, 0) is 4.79 Å². The van der Waals surface area contributed by atoms with Crippen LogP contribution < -0.4 is 10.1 Å². The number of H-pyrrole nitrogens is 1. The number of carbonyl (C=O) groups is 2. The van der Waals surface area contributed by atoms with E-state index in [4.69, 9.17) is 10.00 Å². The van der Waals surface area contributed by atoms with Gasteiger partial charge in [-0.25, -0.2) is 24.1 Å². The lowest BCUT2D eigenvalue weighted by molar-refractivity contribution is -0.137. The molecule has 172 valence electrons. The number of hydrogen-bond acceptors (Lipinski definition) is 7. The lowest BCUT2D eigenvalue weighted by Gasteiger charge is -2.36. The summed E-state index contributed by atoms with van der Waals surface area (Å²) in [7, 11) is 0. The molecule has 5 rings (SSSR count). The second-order valence-corrected chi connectivity index (χ2v) is 8.04. The van der Waals surface area contributed by atoms with Crippen LogP contribution in [0.5, 0.6) is 5.75 Å². The highest BCUT2D eigenvalue weighted by Crippen LogP contribution is 2.28. The van der Waals surface area contributed by atoms with Crippen molar-refractivity contribution in [2.75, 3.05) is 13.1 Å². The summed E-state index contributed by atoms with van der Waals surface area (Å²) in [6.07, 6.45) is 3.48. The van der Waals surface area contributed by atoms with Crippen molar-refractivity contribution in [1.82, 2.24) is 34.6 Å². The molecule has 1 atom stereocenters. The summed E-state index contributed by atoms with van der Waals surface area (Å²) in [5, 5.41) is 11.3. The summed E-state index contributed by atoms with van der Waals surface area (Å²) < 4.78 is 20.6. The highest BCUT2D eigenvalue weighted by Gasteiger charge is 2.33. The van der Waals surface area contributed by atoms with Gasteiger partial charge < -0.3 is 24.3 Å². The summed E-state index contributed by atoms with van der Waals surface area (Å²) >= 11 is 0. The van der Waals surface area contributed by atoms with Crippen LogP contribution >= 0.6 is 0 Å². The van der Waals surface area contributed by atoms with Crippen LogP contribution in [0.4, 0.5) is 9.18 Å². The summed E-state index contributed by atoms with van der Waals surface area (Å²) in [5.41, 5.74) is 2.27. The monoisotopic (exact) mass is 462 g/mol. The van der Waals surface area contributed by atoms with E-state index in [1.165, 1.54) is 29.6 Å². The summed E-state index contributed by atoms with van der Waals surface area (Å²) in [4.78, 5) is 42.5. The van der Waals surface area contributed by atoms with E-state index in [0.29, 0.717) is 47.0 Å². The van der Waals surface area contributed by atoms with Gasteiger partial charge in [-0.2, -0.15) is 5.26 Å². The number of amides is 2. The van der Waals surface area contributed by atoms with Crippen LogP contribution in [-0.4, -0.2) is 60.4 Å². The van der Waals surface area contributed by atoms with E-state index >= 15 is 0 Å². The minimum absolute atomic E-state index is 0.126. The second kappa shape index (κ2) is 8.11. The number of carbonyl (C=O) groups excluding carboxylic acids is 2. The van der Waals surface area contributed by atoms with Crippen molar-refractivity contribution in [3.8, 4) is 23.2 Å². The first kappa shape index (κ1) is 21.3. The van der Waals surface area contributed by atoms with E-state index in [9.17, 15) is 14.0 Å². The fourth-order valence-corrected chi connectivity index (χ4v) is 3.84. The topological polar surface area (TPSA) is 141 Å². The maximum absolute atomic E-state index is 13.6. The van der Waals surface area contributed by atoms with Gasteiger partial charge in [0.2, 0.25) is 5.91 Å². The fraction of sp³-hybridized carbons (Fsp3) is 0.273. The Hall–Kier alpha value is -4.53. The number of aromatic amines is 1. The molecule has 0 bridgehead atoms. The molecule has 0 aliphatic carbocycles. The highest BCUT2D eigenvalue weighted by atomic mass is 19.1. The number of rotatable bonds is 4. The fourth-order valence-electron chi connectivity index (χ4n) is 3.84.